The minimum atomic E-state index is -0.125. The van der Waals surface area contributed by atoms with Gasteiger partial charge in [0.25, 0.3) is 0 Å². The van der Waals surface area contributed by atoms with Gasteiger partial charge in [0.2, 0.25) is 0 Å². The van der Waals surface area contributed by atoms with E-state index in [4.69, 9.17) is 4.74 Å². The number of piperidine rings is 1. The van der Waals surface area contributed by atoms with Crippen molar-refractivity contribution in [2.45, 2.75) is 25.3 Å². The van der Waals surface area contributed by atoms with Crippen LogP contribution in [0.4, 0.5) is 4.79 Å². The third kappa shape index (κ3) is 1.94. The van der Waals surface area contributed by atoms with Gasteiger partial charge < -0.3 is 15.0 Å². The molecular formula is C9H16N2O2. The van der Waals surface area contributed by atoms with Gasteiger partial charge in [0, 0.05) is 19.1 Å². The third-order valence-corrected chi connectivity index (χ3v) is 2.72. The lowest BCUT2D eigenvalue weighted by Crippen LogP contribution is -2.51. The Kier molecular flexibility index (Phi) is 2.68. The Bertz CT molecular complexity index is 190. The number of nitrogens with one attached hydrogen (secondary N) is 1. The zero-order valence-corrected chi connectivity index (χ0v) is 7.79. The lowest BCUT2D eigenvalue weighted by atomic mass is 10.1. The highest BCUT2D eigenvalue weighted by Gasteiger charge is 2.28. The quantitative estimate of drug-likeness (QED) is 0.648. The molecule has 4 nitrogen and oxygen atoms in total. The first-order valence-corrected chi connectivity index (χ1v) is 5.02. The van der Waals surface area contributed by atoms with Gasteiger partial charge >= 0.3 is 6.09 Å². The molecule has 1 amide bonds. The monoisotopic (exact) mass is 184 g/mol. The number of nitrogens with zero attached hydrogens (tertiary/aromatic N) is 1. The zero-order valence-electron chi connectivity index (χ0n) is 7.79. The molecule has 2 aliphatic heterocycles. The van der Waals surface area contributed by atoms with Crippen molar-refractivity contribution in [2.24, 2.45) is 0 Å². The van der Waals surface area contributed by atoms with Gasteiger partial charge in [0.15, 0.2) is 0 Å². The van der Waals surface area contributed by atoms with Gasteiger partial charge in [-0.2, -0.15) is 0 Å². The van der Waals surface area contributed by atoms with E-state index in [1.165, 1.54) is 0 Å². The number of amides is 1. The molecule has 0 bridgehead atoms. The summed E-state index contributed by atoms with van der Waals surface area (Å²) in [4.78, 5) is 13.2. The van der Waals surface area contributed by atoms with Gasteiger partial charge in [-0.25, -0.2) is 4.79 Å². The van der Waals surface area contributed by atoms with Crippen LogP contribution < -0.4 is 5.32 Å². The fraction of sp³-hybridized carbons (Fsp3) is 0.889. The van der Waals surface area contributed by atoms with Crippen molar-refractivity contribution in [1.82, 2.24) is 10.2 Å². The molecule has 0 aromatic carbocycles. The molecule has 2 rings (SSSR count). The Labute approximate surface area is 78.2 Å². The fourth-order valence-electron chi connectivity index (χ4n) is 2.00. The highest BCUT2D eigenvalue weighted by molar-refractivity contribution is 5.68. The average molecular weight is 184 g/mol. The van der Waals surface area contributed by atoms with Crippen LogP contribution in [0.5, 0.6) is 0 Å². The van der Waals surface area contributed by atoms with E-state index in [-0.39, 0.29) is 6.09 Å². The molecule has 0 aromatic heterocycles. The molecule has 0 radical (unpaired) electrons. The van der Waals surface area contributed by atoms with E-state index in [0.717, 1.165) is 38.9 Å². The van der Waals surface area contributed by atoms with Crippen LogP contribution in [0, 0.1) is 0 Å². The number of hydrogen-bond acceptors (Lipinski definition) is 3. The van der Waals surface area contributed by atoms with Crippen LogP contribution >= 0.6 is 0 Å². The average Bonchev–Trinajstić information content (AvgIpc) is 2.20. The second-order valence-corrected chi connectivity index (χ2v) is 3.66. The first-order chi connectivity index (χ1) is 6.38. The van der Waals surface area contributed by atoms with Crippen molar-refractivity contribution in [2.75, 3.05) is 26.2 Å². The van der Waals surface area contributed by atoms with Crippen LogP contribution in [0.3, 0.4) is 0 Å². The SMILES string of the molecule is O=C1OCCCN1[C@H]1CCCNC1. The molecule has 0 saturated carbocycles. The van der Waals surface area contributed by atoms with E-state index < -0.39 is 0 Å². The van der Waals surface area contributed by atoms with E-state index in [2.05, 4.69) is 5.32 Å². The molecule has 0 unspecified atom stereocenters. The summed E-state index contributed by atoms with van der Waals surface area (Å²) in [6.45, 7) is 3.47. The Morgan fingerprint density at radius 3 is 3.08 bits per heavy atom. The molecule has 2 aliphatic rings. The third-order valence-electron chi connectivity index (χ3n) is 2.72. The molecule has 74 valence electrons. The molecule has 2 saturated heterocycles. The van der Waals surface area contributed by atoms with Crippen molar-refractivity contribution < 1.29 is 9.53 Å². The predicted molar refractivity (Wildman–Crippen MR) is 48.6 cm³/mol. The summed E-state index contributed by atoms with van der Waals surface area (Å²) >= 11 is 0. The van der Waals surface area contributed by atoms with Crippen LogP contribution in [0.2, 0.25) is 0 Å². The normalized spacial score (nSPS) is 30.0. The molecule has 13 heavy (non-hydrogen) atoms. The minimum Gasteiger partial charge on any atom is -0.449 e. The van der Waals surface area contributed by atoms with E-state index in [0.29, 0.717) is 12.6 Å². The van der Waals surface area contributed by atoms with Crippen molar-refractivity contribution in [1.29, 1.82) is 0 Å². The molecule has 0 aromatic rings. The van der Waals surface area contributed by atoms with Crippen LogP contribution in [-0.2, 0) is 4.74 Å². The predicted octanol–water partition coefficient (Wildman–Crippen LogP) is 0.581. The molecular weight excluding hydrogens is 168 g/mol. The molecule has 1 N–H and O–H groups in total. The summed E-state index contributed by atoms with van der Waals surface area (Å²) < 4.78 is 5.00. The summed E-state index contributed by atoms with van der Waals surface area (Å²) in [6, 6.07) is 0.363. The molecule has 4 heteroatoms. The second-order valence-electron chi connectivity index (χ2n) is 3.66. The van der Waals surface area contributed by atoms with Gasteiger partial charge in [-0.1, -0.05) is 0 Å². The Morgan fingerprint density at radius 2 is 2.38 bits per heavy atom. The first kappa shape index (κ1) is 8.81. The standard InChI is InChI=1S/C9H16N2O2/c12-9-11(5-2-6-13-9)8-3-1-4-10-7-8/h8,10H,1-7H2/t8-/m0/s1. The van der Waals surface area contributed by atoms with Crippen LogP contribution in [0.25, 0.3) is 0 Å². The molecule has 2 fully saturated rings. The fourth-order valence-corrected chi connectivity index (χ4v) is 2.00. The van der Waals surface area contributed by atoms with Crippen LogP contribution in [-0.4, -0.2) is 43.3 Å². The van der Waals surface area contributed by atoms with Crippen LogP contribution in [0.15, 0.2) is 0 Å². The largest absolute Gasteiger partial charge is 0.449 e. The Balaban J connectivity index is 1.92. The van der Waals surface area contributed by atoms with Crippen LogP contribution in [0.1, 0.15) is 19.3 Å². The van der Waals surface area contributed by atoms with Crippen molar-refractivity contribution in [3.05, 3.63) is 0 Å². The summed E-state index contributed by atoms with van der Waals surface area (Å²) in [5.74, 6) is 0. The van der Waals surface area contributed by atoms with Gasteiger partial charge in [-0.15, -0.1) is 0 Å². The lowest BCUT2D eigenvalue weighted by molar-refractivity contribution is 0.0498. The molecule has 1 atom stereocenters. The van der Waals surface area contributed by atoms with Gasteiger partial charge in [0.05, 0.1) is 6.61 Å². The smallest absolute Gasteiger partial charge is 0.410 e. The molecule has 0 spiro atoms. The van der Waals surface area contributed by atoms with Gasteiger partial charge in [-0.3, -0.25) is 0 Å². The van der Waals surface area contributed by atoms with Crippen molar-refractivity contribution in [3.8, 4) is 0 Å². The number of ether oxygens (including phenoxy) is 1. The molecule has 2 heterocycles. The number of hydrogen-bond donors (Lipinski definition) is 1. The van der Waals surface area contributed by atoms with Gasteiger partial charge in [0.1, 0.15) is 0 Å². The first-order valence-electron chi connectivity index (χ1n) is 5.02. The Morgan fingerprint density at radius 1 is 1.46 bits per heavy atom. The second kappa shape index (κ2) is 3.96. The van der Waals surface area contributed by atoms with E-state index >= 15 is 0 Å². The zero-order chi connectivity index (χ0) is 9.10. The Hall–Kier alpha value is -0.770. The summed E-state index contributed by atoms with van der Waals surface area (Å²) in [6.07, 6.45) is 3.12. The lowest BCUT2D eigenvalue weighted by Gasteiger charge is -2.36. The maximum absolute atomic E-state index is 11.4. The maximum atomic E-state index is 11.4. The maximum Gasteiger partial charge on any atom is 0.410 e. The number of cyclic esters (lactones) is 1. The number of carbonyl (C=O) groups excluding carboxylic acids is 1. The number of rotatable bonds is 1. The summed E-state index contributed by atoms with van der Waals surface area (Å²) in [7, 11) is 0. The minimum absolute atomic E-state index is 0.125. The van der Waals surface area contributed by atoms with Crippen molar-refractivity contribution >= 4 is 6.09 Å². The van der Waals surface area contributed by atoms with Gasteiger partial charge in [-0.05, 0) is 25.8 Å². The topological polar surface area (TPSA) is 41.6 Å². The molecule has 0 aliphatic carbocycles. The number of carbonyl (C=O) groups is 1. The van der Waals surface area contributed by atoms with Crippen molar-refractivity contribution in [3.63, 3.8) is 0 Å². The van der Waals surface area contributed by atoms with E-state index in [1.54, 1.807) is 0 Å². The van der Waals surface area contributed by atoms with E-state index in [9.17, 15) is 4.79 Å². The highest BCUT2D eigenvalue weighted by atomic mass is 16.6. The highest BCUT2D eigenvalue weighted by Crippen LogP contribution is 2.15. The summed E-state index contributed by atoms with van der Waals surface area (Å²) in [5.41, 5.74) is 0. The summed E-state index contributed by atoms with van der Waals surface area (Å²) in [5, 5.41) is 3.30. The van der Waals surface area contributed by atoms with E-state index in [1.807, 2.05) is 4.90 Å².